The number of amides is 1. The topological polar surface area (TPSA) is 53.5 Å². The average molecular weight is 428 g/mol. The van der Waals surface area contributed by atoms with Crippen LogP contribution >= 0.6 is 0 Å². The predicted octanol–water partition coefficient (Wildman–Crippen LogP) is -0.894. The molecule has 0 spiro atoms. The number of aliphatic imine (C=N–C) groups is 1. The van der Waals surface area contributed by atoms with Crippen molar-refractivity contribution in [3.8, 4) is 0 Å². The largest absolute Gasteiger partial charge is 0.309 e. The summed E-state index contributed by atoms with van der Waals surface area (Å²) in [5.41, 5.74) is 4.80. The summed E-state index contributed by atoms with van der Waals surface area (Å²) in [6.07, 6.45) is 2.80. The van der Waals surface area contributed by atoms with Crippen LogP contribution in [0.5, 0.6) is 0 Å². The van der Waals surface area contributed by atoms with Gasteiger partial charge in [0.1, 0.15) is 12.2 Å². The Kier molecular flexibility index (Phi) is 33.5. The van der Waals surface area contributed by atoms with Crippen LogP contribution in [0.3, 0.4) is 0 Å². The number of hydrazine groups is 1. The predicted molar refractivity (Wildman–Crippen MR) is 41.4 cm³/mol. The average Bonchev–Trinajstić information content (AvgIpc) is 1.89. The Morgan fingerprint density at radius 2 is 2.08 bits per heavy atom. The van der Waals surface area contributed by atoms with Crippen LogP contribution in [0.1, 0.15) is 6.92 Å². The van der Waals surface area contributed by atoms with Crippen molar-refractivity contribution >= 4 is 20.7 Å². The van der Waals surface area contributed by atoms with E-state index in [1.807, 2.05) is 0 Å². The Bertz CT molecular complexity index is 125. The first kappa shape index (κ1) is 22.9. The van der Waals surface area contributed by atoms with Crippen LogP contribution in [-0.2, 0) is 23.4 Å². The molecule has 0 aromatic heterocycles. The summed E-state index contributed by atoms with van der Waals surface area (Å²) < 4.78 is 0. The second-order valence-electron chi connectivity index (χ2n) is 1.31. The minimum atomic E-state index is -0.171. The molecule has 7 heteroatoms. The maximum absolute atomic E-state index is 10.4. The van der Waals surface area contributed by atoms with E-state index in [0.29, 0.717) is 0 Å². The van der Waals surface area contributed by atoms with E-state index in [1.165, 1.54) is 12.8 Å². The Labute approximate surface area is 111 Å². The van der Waals surface area contributed by atoms with Gasteiger partial charge in [-0.3, -0.25) is 15.8 Å². The molecule has 4 nitrogen and oxygen atoms in total. The fourth-order valence-electron chi connectivity index (χ4n) is 0.240. The van der Waals surface area contributed by atoms with Crippen LogP contribution in [0.2, 0.25) is 0 Å². The summed E-state index contributed by atoms with van der Waals surface area (Å²) in [6.45, 7) is 1.65. The van der Waals surface area contributed by atoms with Crippen LogP contribution in [-0.4, -0.2) is 27.7 Å². The molecule has 0 fully saturated rings. The number of hydrogen-bond donors (Lipinski definition) is 2. The first-order chi connectivity index (χ1) is 4.31. The minimum absolute atomic E-state index is 0. The van der Waals surface area contributed by atoms with E-state index >= 15 is 0 Å². The fourth-order valence-corrected chi connectivity index (χ4v) is 0.240. The summed E-state index contributed by atoms with van der Waals surface area (Å²) in [5.74, 6) is -0.171. The molecule has 0 aromatic rings. The van der Waals surface area contributed by atoms with Crippen LogP contribution in [0.15, 0.2) is 4.99 Å². The summed E-state index contributed by atoms with van der Waals surface area (Å²) >= 11 is 0. The molecule has 0 bridgehead atoms. The van der Waals surface area contributed by atoms with Crippen LogP contribution < -0.4 is 10.9 Å². The van der Waals surface area contributed by atoms with Crippen molar-refractivity contribution in [2.24, 2.45) is 4.99 Å². The summed E-state index contributed by atoms with van der Waals surface area (Å²) in [7, 11) is 1.61. The molecule has 12 heavy (non-hydrogen) atoms. The summed E-state index contributed by atoms with van der Waals surface area (Å²) in [4.78, 5) is 14.0. The fraction of sp³-hybridized carbons (Fsp3) is 0.400. The minimum Gasteiger partial charge on any atom is -0.309 e. The molecule has 0 aliphatic carbocycles. The molecule has 4 radical (unpaired) electrons. The zero-order chi connectivity index (χ0) is 7.11. The normalized spacial score (nSPS) is 6.83. The standard InChI is InChI=1S/C5H10N3O.B.U.V/c1-3-5(9)8-7-4-6-2;;;/h3-4H,1-2H3,(H,6,7)(H,8,9);;;/q-1;;;. The van der Waals surface area contributed by atoms with Gasteiger partial charge in [-0.05, 0) is 0 Å². The number of carbonyl (C=O) groups is 1. The van der Waals surface area contributed by atoms with Gasteiger partial charge in [-0.25, -0.2) is 0 Å². The molecule has 0 unspecified atom stereocenters. The Hall–Kier alpha value is 0.511. The third-order valence-electron chi connectivity index (χ3n) is 0.651. The molecule has 0 saturated carbocycles. The number of rotatable bonds is 3. The van der Waals surface area contributed by atoms with E-state index in [0.717, 1.165) is 0 Å². The number of hydrogen-bond acceptors (Lipinski definition) is 2. The van der Waals surface area contributed by atoms with Gasteiger partial charge in [0.05, 0.1) is 0 Å². The van der Waals surface area contributed by atoms with Crippen molar-refractivity contribution in [2.45, 2.75) is 6.92 Å². The van der Waals surface area contributed by atoms with Gasteiger partial charge in [-0.2, -0.15) is 6.92 Å². The van der Waals surface area contributed by atoms with Gasteiger partial charge >= 0.3 is 0 Å². The van der Waals surface area contributed by atoms with E-state index < -0.39 is 0 Å². The number of nitrogens with one attached hydrogen (secondary N) is 2. The second-order valence-corrected chi connectivity index (χ2v) is 1.31. The quantitative estimate of drug-likeness (QED) is 0.202. The maximum Gasteiger partial charge on any atom is 0.101 e. The molecule has 0 aliphatic rings. The Balaban J connectivity index is -0.000000107. The van der Waals surface area contributed by atoms with Crippen LogP contribution in [0.4, 0.5) is 0 Å². The Morgan fingerprint density at radius 3 is 2.42 bits per heavy atom. The molecule has 0 heterocycles. The molecule has 0 aromatic carbocycles. The van der Waals surface area contributed by atoms with Gasteiger partial charge in [-0.15, -0.1) is 0 Å². The van der Waals surface area contributed by atoms with Crippen molar-refractivity contribution in [1.82, 2.24) is 10.9 Å². The van der Waals surface area contributed by atoms with E-state index in [1.54, 1.807) is 14.0 Å². The first-order valence-electron chi connectivity index (χ1n) is 2.56. The molecule has 1 amide bonds. The molecule has 0 rings (SSSR count). The van der Waals surface area contributed by atoms with Crippen molar-refractivity contribution < 1.29 is 54.5 Å². The van der Waals surface area contributed by atoms with Crippen LogP contribution in [0, 0.1) is 37.5 Å². The van der Waals surface area contributed by atoms with Gasteiger partial charge in [0.15, 0.2) is 0 Å². The molecular formula is C5H10BN3OUV-. The SMILES string of the molecule is C[CH-]C(=O)NNC=NC.[B].[U].[V]. The van der Waals surface area contributed by atoms with E-state index in [9.17, 15) is 4.79 Å². The van der Waals surface area contributed by atoms with Gasteiger partial charge < -0.3 is 11.2 Å². The number of nitrogens with zero attached hydrogens (tertiary/aromatic N) is 1. The molecule has 2 N–H and O–H groups in total. The first-order valence-corrected chi connectivity index (χ1v) is 2.56. The summed E-state index contributed by atoms with van der Waals surface area (Å²) in [6, 6.07) is 0. The van der Waals surface area contributed by atoms with Gasteiger partial charge in [0, 0.05) is 65.1 Å². The van der Waals surface area contributed by atoms with Crippen molar-refractivity contribution in [2.75, 3.05) is 7.05 Å². The van der Waals surface area contributed by atoms with Crippen molar-refractivity contribution in [3.63, 3.8) is 0 Å². The Morgan fingerprint density at radius 1 is 1.58 bits per heavy atom. The van der Waals surface area contributed by atoms with Gasteiger partial charge in [-0.1, -0.05) is 0 Å². The van der Waals surface area contributed by atoms with E-state index in [-0.39, 0.29) is 64.0 Å². The van der Waals surface area contributed by atoms with Crippen molar-refractivity contribution in [1.29, 1.82) is 0 Å². The molecule has 0 aliphatic heterocycles. The summed E-state index contributed by atoms with van der Waals surface area (Å²) in [5, 5.41) is 0. The zero-order valence-electron chi connectivity index (χ0n) is 7.03. The second kappa shape index (κ2) is 17.6. The monoisotopic (exact) mass is 428 g/mol. The molecular weight excluding hydrogens is 418 g/mol. The van der Waals surface area contributed by atoms with Crippen LogP contribution in [0.25, 0.3) is 0 Å². The van der Waals surface area contributed by atoms with Crippen molar-refractivity contribution in [3.05, 3.63) is 6.42 Å². The maximum atomic E-state index is 10.4. The number of carbonyl (C=O) groups excluding carboxylic acids is 1. The van der Waals surface area contributed by atoms with E-state index in [4.69, 9.17) is 0 Å². The molecule has 0 saturated heterocycles. The van der Waals surface area contributed by atoms with Gasteiger partial charge in [0.25, 0.3) is 0 Å². The smallest absolute Gasteiger partial charge is 0.101 e. The molecule has 64 valence electrons. The van der Waals surface area contributed by atoms with E-state index in [2.05, 4.69) is 15.8 Å². The third-order valence-corrected chi connectivity index (χ3v) is 0.651. The third kappa shape index (κ3) is 16.9. The molecule has 0 atom stereocenters. The zero-order valence-corrected chi connectivity index (χ0v) is 12.6. The van der Waals surface area contributed by atoms with Gasteiger partial charge in [0.2, 0.25) is 0 Å².